The topological polar surface area (TPSA) is 83.8 Å². The molecule has 1 unspecified atom stereocenters. The molecule has 0 fully saturated rings. The third-order valence-electron chi connectivity index (χ3n) is 4.29. The molecule has 1 aromatic carbocycles. The number of hydrogen-bond acceptors (Lipinski definition) is 4. The average molecular weight is 442 g/mol. The normalized spacial score (nSPS) is 14.3. The van der Waals surface area contributed by atoms with E-state index in [0.29, 0.717) is 16.8 Å². The molecule has 0 aliphatic carbocycles. The van der Waals surface area contributed by atoms with Crippen molar-refractivity contribution >= 4 is 11.0 Å². The Morgan fingerprint density at radius 3 is 2.10 bits per heavy atom. The van der Waals surface area contributed by atoms with Crippen LogP contribution in [0, 0.1) is 0 Å². The van der Waals surface area contributed by atoms with Crippen molar-refractivity contribution in [2.24, 2.45) is 0 Å². The quantitative estimate of drug-likeness (QED) is 0.599. The standard InChI is InChI=1S/C16H10F8N4O2/c1-6(7-2-4-8(5-3-7)15(19,20)21)28-11-9(12(29)26-13(30)25-11)10(27-28)14(17,18)16(22,23)24/h2-6H,1H3,(H2,25,26,29,30). The van der Waals surface area contributed by atoms with E-state index in [1.165, 1.54) is 6.92 Å². The molecule has 2 heterocycles. The van der Waals surface area contributed by atoms with Gasteiger partial charge in [0.15, 0.2) is 11.3 Å². The van der Waals surface area contributed by atoms with Crippen LogP contribution in [0.3, 0.4) is 0 Å². The van der Waals surface area contributed by atoms with E-state index in [9.17, 15) is 45.0 Å². The molecule has 0 aliphatic rings. The van der Waals surface area contributed by atoms with E-state index in [2.05, 4.69) is 10.1 Å². The number of aromatic amines is 1. The summed E-state index contributed by atoms with van der Waals surface area (Å²) < 4.78 is 105. The number of aromatic nitrogens is 4. The van der Waals surface area contributed by atoms with Crippen molar-refractivity contribution in [2.75, 3.05) is 0 Å². The highest BCUT2D eigenvalue weighted by molar-refractivity contribution is 5.78. The molecule has 162 valence electrons. The summed E-state index contributed by atoms with van der Waals surface area (Å²) in [5, 5.41) is 11.4. The van der Waals surface area contributed by atoms with E-state index in [-0.39, 0.29) is 5.56 Å². The van der Waals surface area contributed by atoms with E-state index in [1.807, 2.05) is 0 Å². The molecular formula is C16H10F8N4O2. The number of fused-ring (bicyclic) bond motifs is 1. The average Bonchev–Trinajstić information content (AvgIpc) is 2.99. The van der Waals surface area contributed by atoms with Crippen LogP contribution in [0.4, 0.5) is 35.1 Å². The van der Waals surface area contributed by atoms with Gasteiger partial charge in [0.25, 0.3) is 11.6 Å². The number of alkyl halides is 8. The molecular weight excluding hydrogens is 432 g/mol. The van der Waals surface area contributed by atoms with Gasteiger partial charge in [0.2, 0.25) is 0 Å². The van der Waals surface area contributed by atoms with E-state index in [0.717, 1.165) is 12.1 Å². The zero-order valence-electron chi connectivity index (χ0n) is 14.6. The molecule has 30 heavy (non-hydrogen) atoms. The summed E-state index contributed by atoms with van der Waals surface area (Å²) in [6.07, 6.45) is -10.7. The van der Waals surface area contributed by atoms with Crippen LogP contribution in [0.1, 0.15) is 29.8 Å². The maximum atomic E-state index is 14.0. The van der Waals surface area contributed by atoms with Crippen LogP contribution in [0.15, 0.2) is 29.1 Å². The lowest BCUT2D eigenvalue weighted by Gasteiger charge is -2.18. The van der Waals surface area contributed by atoms with Crippen molar-refractivity contribution in [1.82, 2.24) is 19.7 Å². The minimum absolute atomic E-state index is 0.0378. The van der Waals surface area contributed by atoms with Crippen LogP contribution in [-0.2, 0) is 12.1 Å². The van der Waals surface area contributed by atoms with E-state index < -0.39 is 58.2 Å². The van der Waals surface area contributed by atoms with Crippen LogP contribution in [-0.4, -0.2) is 31.0 Å². The van der Waals surface area contributed by atoms with Crippen molar-refractivity contribution in [3.05, 3.63) is 51.4 Å². The Morgan fingerprint density at radius 1 is 1.03 bits per heavy atom. The number of hydrogen-bond donors (Lipinski definition) is 2. The summed E-state index contributed by atoms with van der Waals surface area (Å²) in [5.74, 6) is -5.54. The van der Waals surface area contributed by atoms with Crippen LogP contribution >= 0.6 is 0 Å². The molecule has 0 bridgehead atoms. The van der Waals surface area contributed by atoms with Crippen LogP contribution in [0.2, 0.25) is 0 Å². The maximum Gasteiger partial charge on any atom is 0.459 e. The van der Waals surface area contributed by atoms with Gasteiger partial charge in [0, 0.05) is 0 Å². The fourth-order valence-electron chi connectivity index (χ4n) is 2.75. The number of H-pyrrole nitrogens is 1. The summed E-state index contributed by atoms with van der Waals surface area (Å²) in [6.45, 7) is 1.23. The molecule has 1 atom stereocenters. The molecule has 0 amide bonds. The molecule has 0 saturated carbocycles. The van der Waals surface area contributed by atoms with Gasteiger partial charge >= 0.3 is 18.3 Å². The Balaban J connectivity index is 2.23. The predicted molar refractivity (Wildman–Crippen MR) is 85.0 cm³/mol. The first-order valence-electron chi connectivity index (χ1n) is 7.98. The van der Waals surface area contributed by atoms with Crippen LogP contribution in [0.5, 0.6) is 6.01 Å². The molecule has 6 nitrogen and oxygen atoms in total. The van der Waals surface area contributed by atoms with Crippen molar-refractivity contribution in [3.63, 3.8) is 0 Å². The second-order valence-corrected chi connectivity index (χ2v) is 6.25. The number of nitrogens with one attached hydrogen (secondary N) is 1. The maximum absolute atomic E-state index is 14.0. The Labute approximate surface area is 160 Å². The molecule has 3 aromatic rings. The summed E-state index contributed by atoms with van der Waals surface area (Å²) >= 11 is 0. The zero-order valence-corrected chi connectivity index (χ0v) is 14.6. The summed E-state index contributed by atoms with van der Waals surface area (Å²) in [6, 6.07) is 1.00. The van der Waals surface area contributed by atoms with Gasteiger partial charge in [0.05, 0.1) is 11.6 Å². The molecule has 0 spiro atoms. The first kappa shape index (κ1) is 21.5. The monoisotopic (exact) mass is 442 g/mol. The molecule has 2 aromatic heterocycles. The second-order valence-electron chi connectivity index (χ2n) is 6.25. The molecule has 0 saturated heterocycles. The largest absolute Gasteiger partial charge is 0.480 e. The Hall–Kier alpha value is -3.19. The second kappa shape index (κ2) is 6.67. The van der Waals surface area contributed by atoms with Gasteiger partial charge in [-0.2, -0.15) is 45.2 Å². The summed E-state index contributed by atoms with van der Waals surface area (Å²) in [7, 11) is 0. The highest BCUT2D eigenvalue weighted by Crippen LogP contribution is 2.45. The van der Waals surface area contributed by atoms with Crippen LogP contribution < -0.4 is 5.56 Å². The summed E-state index contributed by atoms with van der Waals surface area (Å²) in [4.78, 5) is 17.0. The Bertz CT molecular complexity index is 1150. The van der Waals surface area contributed by atoms with E-state index >= 15 is 0 Å². The number of rotatable bonds is 3. The SMILES string of the molecule is CC(c1ccc(C(F)(F)F)cc1)n1nc(C(F)(F)C(F)(F)F)c2c(=O)[nH]c(O)nc21. The van der Waals surface area contributed by atoms with Gasteiger partial charge in [-0.1, -0.05) is 12.1 Å². The zero-order chi connectivity index (χ0) is 22.6. The fourth-order valence-corrected chi connectivity index (χ4v) is 2.75. The number of benzene rings is 1. The third-order valence-corrected chi connectivity index (χ3v) is 4.29. The van der Waals surface area contributed by atoms with Gasteiger partial charge in [-0.15, -0.1) is 0 Å². The molecule has 0 aliphatic heterocycles. The highest BCUT2D eigenvalue weighted by Gasteiger charge is 2.61. The third kappa shape index (κ3) is 3.45. The molecule has 3 rings (SSSR count). The fraction of sp³-hybridized carbons (Fsp3) is 0.312. The lowest BCUT2D eigenvalue weighted by atomic mass is 10.1. The predicted octanol–water partition coefficient (Wildman–Crippen LogP) is 4.11. The minimum Gasteiger partial charge on any atom is -0.480 e. The first-order valence-corrected chi connectivity index (χ1v) is 7.98. The summed E-state index contributed by atoms with van der Waals surface area (Å²) in [5.41, 5.74) is -5.22. The molecule has 2 N–H and O–H groups in total. The Morgan fingerprint density at radius 2 is 1.60 bits per heavy atom. The smallest absolute Gasteiger partial charge is 0.459 e. The van der Waals surface area contributed by atoms with Gasteiger partial charge in [-0.05, 0) is 24.6 Å². The number of aromatic hydroxyl groups is 1. The van der Waals surface area contributed by atoms with Gasteiger partial charge in [0.1, 0.15) is 5.39 Å². The van der Waals surface area contributed by atoms with Crippen LogP contribution in [0.25, 0.3) is 11.0 Å². The number of nitrogens with zero attached hydrogens (tertiary/aromatic N) is 3. The number of halogens is 8. The lowest BCUT2D eigenvalue weighted by molar-refractivity contribution is -0.290. The van der Waals surface area contributed by atoms with Crippen molar-refractivity contribution < 1.29 is 40.2 Å². The van der Waals surface area contributed by atoms with Crippen molar-refractivity contribution in [2.45, 2.75) is 31.2 Å². The van der Waals surface area contributed by atoms with E-state index in [4.69, 9.17) is 0 Å². The first-order chi connectivity index (χ1) is 13.6. The lowest BCUT2D eigenvalue weighted by Crippen LogP contribution is -2.35. The highest BCUT2D eigenvalue weighted by atomic mass is 19.4. The Kier molecular flexibility index (Phi) is 4.78. The molecule has 0 radical (unpaired) electrons. The molecule has 14 heteroatoms. The van der Waals surface area contributed by atoms with Crippen molar-refractivity contribution in [3.8, 4) is 6.01 Å². The van der Waals surface area contributed by atoms with Gasteiger partial charge in [-0.3, -0.25) is 9.78 Å². The van der Waals surface area contributed by atoms with Crippen molar-refractivity contribution in [1.29, 1.82) is 0 Å². The minimum atomic E-state index is -6.10. The van der Waals surface area contributed by atoms with E-state index in [1.54, 1.807) is 4.98 Å². The van der Waals surface area contributed by atoms with Gasteiger partial charge in [-0.25, -0.2) is 4.68 Å². The van der Waals surface area contributed by atoms with Gasteiger partial charge < -0.3 is 5.11 Å².